The summed E-state index contributed by atoms with van der Waals surface area (Å²) in [4.78, 5) is 24.5. The molecule has 2 aromatic carbocycles. The third-order valence-electron chi connectivity index (χ3n) is 4.27. The molecule has 2 amide bonds. The standard InChI is InChI=1S/C20H15ClFN3O3/c21-15-9-12(7-8-13(15)19(26)23-11-5-6-11)24-20(27)17-10-18(28-25-17)14-3-1-2-4-16(14)22/h1-4,7-11H,5-6H2,(H,23,26)(H,24,27). The molecule has 6 nitrogen and oxygen atoms in total. The summed E-state index contributed by atoms with van der Waals surface area (Å²) in [5, 5.41) is 9.39. The predicted molar refractivity (Wildman–Crippen MR) is 102 cm³/mol. The van der Waals surface area contributed by atoms with E-state index in [4.69, 9.17) is 16.1 Å². The number of hydrogen-bond donors (Lipinski definition) is 2. The average Bonchev–Trinajstić information content (AvgIpc) is 3.34. The maximum Gasteiger partial charge on any atom is 0.277 e. The summed E-state index contributed by atoms with van der Waals surface area (Å²) < 4.78 is 18.9. The normalized spacial score (nSPS) is 13.2. The van der Waals surface area contributed by atoms with Gasteiger partial charge >= 0.3 is 0 Å². The number of aromatic nitrogens is 1. The van der Waals surface area contributed by atoms with E-state index >= 15 is 0 Å². The van der Waals surface area contributed by atoms with Crippen molar-refractivity contribution in [3.8, 4) is 11.3 Å². The van der Waals surface area contributed by atoms with Crippen LogP contribution in [0.1, 0.15) is 33.7 Å². The molecule has 28 heavy (non-hydrogen) atoms. The Bertz CT molecular complexity index is 1060. The smallest absolute Gasteiger partial charge is 0.277 e. The van der Waals surface area contributed by atoms with Gasteiger partial charge in [0.05, 0.1) is 16.1 Å². The van der Waals surface area contributed by atoms with Gasteiger partial charge in [-0.25, -0.2) is 4.39 Å². The number of nitrogens with zero attached hydrogens (tertiary/aromatic N) is 1. The van der Waals surface area contributed by atoms with E-state index in [9.17, 15) is 14.0 Å². The van der Waals surface area contributed by atoms with Gasteiger partial charge in [0.15, 0.2) is 11.5 Å². The van der Waals surface area contributed by atoms with E-state index in [2.05, 4.69) is 15.8 Å². The third kappa shape index (κ3) is 3.89. The summed E-state index contributed by atoms with van der Waals surface area (Å²) in [5.74, 6) is -1.11. The SMILES string of the molecule is O=C(Nc1ccc(C(=O)NC2CC2)c(Cl)c1)c1cc(-c2ccccc2F)on1. The summed E-state index contributed by atoms with van der Waals surface area (Å²) in [6.07, 6.45) is 1.95. The summed E-state index contributed by atoms with van der Waals surface area (Å²) in [6, 6.07) is 12.2. The van der Waals surface area contributed by atoms with Crippen molar-refractivity contribution in [1.82, 2.24) is 10.5 Å². The Morgan fingerprint density at radius 1 is 1.11 bits per heavy atom. The van der Waals surface area contributed by atoms with E-state index in [1.54, 1.807) is 24.3 Å². The lowest BCUT2D eigenvalue weighted by Gasteiger charge is -2.08. The average molecular weight is 400 g/mol. The van der Waals surface area contributed by atoms with Crippen LogP contribution in [0, 0.1) is 5.82 Å². The van der Waals surface area contributed by atoms with E-state index in [0.29, 0.717) is 11.3 Å². The fourth-order valence-corrected chi connectivity index (χ4v) is 2.90. The molecule has 0 saturated heterocycles. The minimum atomic E-state index is -0.544. The van der Waals surface area contributed by atoms with E-state index < -0.39 is 11.7 Å². The highest BCUT2D eigenvalue weighted by atomic mass is 35.5. The molecule has 0 aliphatic heterocycles. The van der Waals surface area contributed by atoms with Crippen molar-refractivity contribution in [3.63, 3.8) is 0 Å². The maximum atomic E-state index is 13.8. The van der Waals surface area contributed by atoms with Gasteiger partial charge in [-0.05, 0) is 43.2 Å². The molecular formula is C20H15ClFN3O3. The Morgan fingerprint density at radius 2 is 1.89 bits per heavy atom. The fraction of sp³-hybridized carbons (Fsp3) is 0.150. The first-order valence-electron chi connectivity index (χ1n) is 8.64. The molecule has 1 aliphatic carbocycles. The van der Waals surface area contributed by atoms with Crippen LogP contribution in [0.25, 0.3) is 11.3 Å². The molecule has 142 valence electrons. The molecule has 1 heterocycles. The molecule has 1 saturated carbocycles. The molecular weight excluding hydrogens is 385 g/mol. The zero-order chi connectivity index (χ0) is 19.7. The molecule has 4 rings (SSSR count). The van der Waals surface area contributed by atoms with E-state index in [0.717, 1.165) is 12.8 Å². The Labute approximate surface area is 164 Å². The van der Waals surface area contributed by atoms with Crippen molar-refractivity contribution in [1.29, 1.82) is 0 Å². The number of hydrogen-bond acceptors (Lipinski definition) is 4. The first-order chi connectivity index (χ1) is 13.5. The number of carbonyl (C=O) groups is 2. The molecule has 0 bridgehead atoms. The molecule has 8 heteroatoms. The number of halogens is 2. The Kier molecular flexibility index (Phi) is 4.83. The second-order valence-corrected chi connectivity index (χ2v) is 6.86. The van der Waals surface area contributed by atoms with Gasteiger partial charge in [0.1, 0.15) is 5.82 Å². The lowest BCUT2D eigenvalue weighted by atomic mass is 10.1. The first-order valence-corrected chi connectivity index (χ1v) is 9.02. The molecule has 1 aliphatic rings. The number of amides is 2. The predicted octanol–water partition coefficient (Wildman–Crippen LogP) is 4.28. The fourth-order valence-electron chi connectivity index (χ4n) is 2.63. The van der Waals surface area contributed by atoms with Crippen LogP contribution < -0.4 is 10.6 Å². The van der Waals surface area contributed by atoms with E-state index in [1.165, 1.54) is 24.3 Å². The maximum absolute atomic E-state index is 13.8. The van der Waals surface area contributed by atoms with Crippen LogP contribution in [0.15, 0.2) is 53.1 Å². The zero-order valence-electron chi connectivity index (χ0n) is 14.5. The molecule has 0 unspecified atom stereocenters. The van der Waals surface area contributed by atoms with Gasteiger partial charge in [0.2, 0.25) is 0 Å². The van der Waals surface area contributed by atoms with Gasteiger partial charge in [-0.1, -0.05) is 28.9 Å². The summed E-state index contributed by atoms with van der Waals surface area (Å²) >= 11 is 6.17. The second-order valence-electron chi connectivity index (χ2n) is 6.45. The van der Waals surface area contributed by atoms with Gasteiger partial charge in [-0.3, -0.25) is 9.59 Å². The van der Waals surface area contributed by atoms with Crippen LogP contribution in [0.2, 0.25) is 5.02 Å². The lowest BCUT2D eigenvalue weighted by Crippen LogP contribution is -2.25. The molecule has 3 aromatic rings. The molecule has 0 atom stereocenters. The van der Waals surface area contributed by atoms with Crippen LogP contribution in [0.4, 0.5) is 10.1 Å². The van der Waals surface area contributed by atoms with Crippen LogP contribution in [0.5, 0.6) is 0 Å². The van der Waals surface area contributed by atoms with Crippen molar-refractivity contribution in [2.75, 3.05) is 5.32 Å². The Hall–Kier alpha value is -3.19. The Balaban J connectivity index is 1.47. The van der Waals surface area contributed by atoms with Crippen molar-refractivity contribution >= 4 is 29.1 Å². The second kappa shape index (κ2) is 7.44. The van der Waals surface area contributed by atoms with Crippen LogP contribution in [0.3, 0.4) is 0 Å². The highest BCUT2D eigenvalue weighted by Gasteiger charge is 2.25. The van der Waals surface area contributed by atoms with Crippen LogP contribution in [-0.2, 0) is 0 Å². The molecule has 0 radical (unpaired) electrons. The van der Waals surface area contributed by atoms with E-state index in [-0.39, 0.29) is 34.0 Å². The molecule has 0 spiro atoms. The number of anilines is 1. The molecule has 1 fully saturated rings. The Morgan fingerprint density at radius 3 is 2.61 bits per heavy atom. The van der Waals surface area contributed by atoms with Crippen molar-refractivity contribution in [2.24, 2.45) is 0 Å². The third-order valence-corrected chi connectivity index (χ3v) is 4.58. The summed E-state index contributed by atoms with van der Waals surface area (Å²) in [7, 11) is 0. The van der Waals surface area contributed by atoms with Gasteiger partial charge < -0.3 is 15.2 Å². The van der Waals surface area contributed by atoms with Gasteiger partial charge in [-0.15, -0.1) is 0 Å². The number of nitrogens with one attached hydrogen (secondary N) is 2. The molecule has 1 aromatic heterocycles. The minimum Gasteiger partial charge on any atom is -0.355 e. The first kappa shape index (κ1) is 18.2. The largest absolute Gasteiger partial charge is 0.355 e. The van der Waals surface area contributed by atoms with Gasteiger partial charge in [-0.2, -0.15) is 0 Å². The number of carbonyl (C=O) groups excluding carboxylic acids is 2. The highest BCUT2D eigenvalue weighted by Crippen LogP contribution is 2.26. The van der Waals surface area contributed by atoms with Crippen molar-refractivity contribution in [2.45, 2.75) is 18.9 Å². The van der Waals surface area contributed by atoms with E-state index in [1.807, 2.05) is 0 Å². The van der Waals surface area contributed by atoms with Gasteiger partial charge in [0.25, 0.3) is 11.8 Å². The summed E-state index contributed by atoms with van der Waals surface area (Å²) in [6.45, 7) is 0. The summed E-state index contributed by atoms with van der Waals surface area (Å²) in [5.41, 5.74) is 0.941. The molecule has 2 N–H and O–H groups in total. The highest BCUT2D eigenvalue weighted by molar-refractivity contribution is 6.34. The lowest BCUT2D eigenvalue weighted by molar-refractivity contribution is 0.0950. The zero-order valence-corrected chi connectivity index (χ0v) is 15.3. The van der Waals surface area contributed by atoms with Crippen molar-refractivity contribution in [3.05, 3.63) is 70.6 Å². The van der Waals surface area contributed by atoms with Crippen molar-refractivity contribution < 1.29 is 18.5 Å². The van der Waals surface area contributed by atoms with Crippen LogP contribution >= 0.6 is 11.6 Å². The number of rotatable bonds is 5. The quantitative estimate of drug-likeness (QED) is 0.670. The number of benzene rings is 2. The van der Waals surface area contributed by atoms with Crippen LogP contribution in [-0.4, -0.2) is 23.0 Å². The topological polar surface area (TPSA) is 84.2 Å². The van der Waals surface area contributed by atoms with Gasteiger partial charge in [0, 0.05) is 17.8 Å². The minimum absolute atomic E-state index is 0.00933. The monoisotopic (exact) mass is 399 g/mol.